The van der Waals surface area contributed by atoms with Gasteiger partial charge in [-0.25, -0.2) is 9.78 Å². The highest BCUT2D eigenvalue weighted by Crippen LogP contribution is 2.40. The van der Waals surface area contributed by atoms with Crippen LogP contribution in [-0.4, -0.2) is 22.6 Å². The number of anilines is 1. The van der Waals surface area contributed by atoms with Crippen molar-refractivity contribution in [1.82, 2.24) is 4.98 Å². The van der Waals surface area contributed by atoms with Gasteiger partial charge in [-0.1, -0.05) is 19.4 Å². The number of hydrogen-bond donors (Lipinski definition) is 2. The zero-order valence-electron chi connectivity index (χ0n) is 9.36. The Hall–Kier alpha value is -1.58. The van der Waals surface area contributed by atoms with Crippen LogP contribution in [0.3, 0.4) is 0 Å². The van der Waals surface area contributed by atoms with E-state index < -0.39 is 5.97 Å². The highest BCUT2D eigenvalue weighted by atomic mass is 16.4. The quantitative estimate of drug-likeness (QED) is 0.817. The summed E-state index contributed by atoms with van der Waals surface area (Å²) < 4.78 is 0. The van der Waals surface area contributed by atoms with Crippen molar-refractivity contribution in [2.45, 2.75) is 26.2 Å². The molecular weight excluding hydrogens is 204 g/mol. The summed E-state index contributed by atoms with van der Waals surface area (Å²) in [4.78, 5) is 14.8. The summed E-state index contributed by atoms with van der Waals surface area (Å²) in [6.45, 7) is 3.10. The number of nitrogens with zero attached hydrogens (tertiary/aromatic N) is 1. The van der Waals surface area contributed by atoms with Crippen molar-refractivity contribution >= 4 is 11.8 Å². The fourth-order valence-electron chi connectivity index (χ4n) is 1.91. The average Bonchev–Trinajstić information content (AvgIpc) is 2.24. The van der Waals surface area contributed by atoms with Crippen LogP contribution in [0.5, 0.6) is 0 Å². The summed E-state index contributed by atoms with van der Waals surface area (Å²) in [6, 6.07) is 5.01. The van der Waals surface area contributed by atoms with E-state index in [1.807, 2.05) is 0 Å². The highest BCUT2D eigenvalue weighted by molar-refractivity contribution is 5.85. The molecule has 2 N–H and O–H groups in total. The molecule has 4 heteroatoms. The van der Waals surface area contributed by atoms with Gasteiger partial charge in [0.2, 0.25) is 0 Å². The molecule has 0 unspecified atom stereocenters. The Balaban J connectivity index is 1.98. The Morgan fingerprint density at radius 1 is 1.56 bits per heavy atom. The third-order valence-corrected chi connectivity index (χ3v) is 3.23. The maximum atomic E-state index is 10.7. The third kappa shape index (κ3) is 2.32. The molecule has 0 spiro atoms. The minimum absolute atomic E-state index is 0.0868. The minimum atomic E-state index is -0.987. The largest absolute Gasteiger partial charge is 0.477 e. The van der Waals surface area contributed by atoms with Crippen LogP contribution in [-0.2, 0) is 0 Å². The fraction of sp³-hybridized carbons (Fsp3) is 0.500. The Bertz CT molecular complexity index is 400. The molecule has 0 amide bonds. The highest BCUT2D eigenvalue weighted by Gasteiger charge is 2.31. The van der Waals surface area contributed by atoms with Gasteiger partial charge in [0.25, 0.3) is 0 Å². The third-order valence-electron chi connectivity index (χ3n) is 3.23. The maximum Gasteiger partial charge on any atom is 0.354 e. The SMILES string of the molecule is CC1(CNc2cccc(C(=O)O)n2)CCC1. The van der Waals surface area contributed by atoms with Gasteiger partial charge in [0.15, 0.2) is 5.69 Å². The van der Waals surface area contributed by atoms with Crippen molar-refractivity contribution in [3.05, 3.63) is 23.9 Å². The zero-order chi connectivity index (χ0) is 11.6. The molecule has 1 saturated carbocycles. The number of carbonyl (C=O) groups is 1. The number of aromatic carboxylic acids is 1. The number of carboxylic acid groups (broad SMARTS) is 1. The molecule has 1 aliphatic carbocycles. The van der Waals surface area contributed by atoms with Crippen LogP contribution < -0.4 is 5.32 Å². The average molecular weight is 220 g/mol. The van der Waals surface area contributed by atoms with E-state index in [1.165, 1.54) is 25.3 Å². The van der Waals surface area contributed by atoms with E-state index >= 15 is 0 Å². The van der Waals surface area contributed by atoms with E-state index in [0.717, 1.165) is 6.54 Å². The van der Waals surface area contributed by atoms with Gasteiger partial charge < -0.3 is 10.4 Å². The van der Waals surface area contributed by atoms with Gasteiger partial charge in [0, 0.05) is 6.54 Å². The Morgan fingerprint density at radius 3 is 2.88 bits per heavy atom. The number of carboxylic acids is 1. The van der Waals surface area contributed by atoms with E-state index in [2.05, 4.69) is 17.2 Å². The lowest BCUT2D eigenvalue weighted by molar-refractivity contribution is 0.0690. The molecule has 1 aromatic rings. The van der Waals surface area contributed by atoms with Crippen LogP contribution in [0.1, 0.15) is 36.7 Å². The van der Waals surface area contributed by atoms with Crippen molar-refractivity contribution in [3.63, 3.8) is 0 Å². The van der Waals surface area contributed by atoms with Crippen molar-refractivity contribution in [3.8, 4) is 0 Å². The Labute approximate surface area is 94.7 Å². The molecule has 0 aromatic carbocycles. The number of nitrogens with one attached hydrogen (secondary N) is 1. The summed E-state index contributed by atoms with van der Waals surface area (Å²) in [6.07, 6.45) is 3.76. The maximum absolute atomic E-state index is 10.7. The van der Waals surface area contributed by atoms with Crippen LogP contribution in [0.2, 0.25) is 0 Å². The zero-order valence-corrected chi connectivity index (χ0v) is 9.36. The molecule has 0 aliphatic heterocycles. The molecule has 1 fully saturated rings. The lowest BCUT2D eigenvalue weighted by Gasteiger charge is -2.38. The molecule has 0 saturated heterocycles. The van der Waals surface area contributed by atoms with E-state index in [1.54, 1.807) is 12.1 Å². The molecular formula is C12H16N2O2. The fourth-order valence-corrected chi connectivity index (χ4v) is 1.91. The second-order valence-corrected chi connectivity index (χ2v) is 4.73. The molecule has 16 heavy (non-hydrogen) atoms. The van der Waals surface area contributed by atoms with Crippen molar-refractivity contribution in [2.24, 2.45) is 5.41 Å². The van der Waals surface area contributed by atoms with Crippen molar-refractivity contribution in [2.75, 3.05) is 11.9 Å². The molecule has 1 aliphatic rings. The number of hydrogen-bond acceptors (Lipinski definition) is 3. The first-order valence-electron chi connectivity index (χ1n) is 5.53. The number of pyridine rings is 1. The van der Waals surface area contributed by atoms with Crippen molar-refractivity contribution < 1.29 is 9.90 Å². The monoisotopic (exact) mass is 220 g/mol. The molecule has 0 radical (unpaired) electrons. The topological polar surface area (TPSA) is 62.2 Å². The van der Waals surface area contributed by atoms with Gasteiger partial charge in [-0.05, 0) is 30.4 Å². The molecule has 1 heterocycles. The van der Waals surface area contributed by atoms with E-state index in [4.69, 9.17) is 5.11 Å². The van der Waals surface area contributed by atoms with E-state index in [9.17, 15) is 4.79 Å². The number of rotatable bonds is 4. The number of aromatic nitrogens is 1. The van der Waals surface area contributed by atoms with E-state index in [-0.39, 0.29) is 5.69 Å². The summed E-state index contributed by atoms with van der Waals surface area (Å²) in [5, 5.41) is 12.0. The van der Waals surface area contributed by atoms with Crippen LogP contribution in [0.15, 0.2) is 18.2 Å². The molecule has 2 rings (SSSR count). The normalized spacial score (nSPS) is 17.6. The lowest BCUT2D eigenvalue weighted by Crippen LogP contribution is -2.33. The van der Waals surface area contributed by atoms with E-state index in [0.29, 0.717) is 11.2 Å². The predicted molar refractivity (Wildman–Crippen MR) is 61.6 cm³/mol. The van der Waals surface area contributed by atoms with Gasteiger partial charge in [0.05, 0.1) is 0 Å². The van der Waals surface area contributed by atoms with Gasteiger partial charge in [-0.2, -0.15) is 0 Å². The second kappa shape index (κ2) is 4.12. The van der Waals surface area contributed by atoms with Crippen LogP contribution in [0.25, 0.3) is 0 Å². The van der Waals surface area contributed by atoms with Gasteiger partial charge in [-0.15, -0.1) is 0 Å². The van der Waals surface area contributed by atoms with Gasteiger partial charge in [0.1, 0.15) is 5.82 Å². The smallest absolute Gasteiger partial charge is 0.354 e. The first-order valence-corrected chi connectivity index (χ1v) is 5.53. The summed E-state index contributed by atoms with van der Waals surface area (Å²) in [5.41, 5.74) is 0.449. The summed E-state index contributed by atoms with van der Waals surface area (Å²) in [5.74, 6) is -0.341. The first kappa shape index (κ1) is 10.9. The second-order valence-electron chi connectivity index (χ2n) is 4.73. The molecule has 86 valence electrons. The summed E-state index contributed by atoms with van der Waals surface area (Å²) >= 11 is 0. The van der Waals surface area contributed by atoms with Crippen LogP contribution in [0, 0.1) is 5.41 Å². The standard InChI is InChI=1S/C12H16N2O2/c1-12(6-3-7-12)8-13-10-5-2-4-9(14-10)11(15)16/h2,4-5H,3,6-8H2,1H3,(H,13,14)(H,15,16). The van der Waals surface area contributed by atoms with Gasteiger partial charge in [-0.3, -0.25) is 0 Å². The Kier molecular flexibility index (Phi) is 2.81. The van der Waals surface area contributed by atoms with Gasteiger partial charge >= 0.3 is 5.97 Å². The van der Waals surface area contributed by atoms with Crippen LogP contribution in [0.4, 0.5) is 5.82 Å². The minimum Gasteiger partial charge on any atom is -0.477 e. The molecule has 0 atom stereocenters. The molecule has 1 aromatic heterocycles. The molecule has 0 bridgehead atoms. The first-order chi connectivity index (χ1) is 7.59. The molecule has 4 nitrogen and oxygen atoms in total. The Morgan fingerprint density at radius 2 is 2.31 bits per heavy atom. The van der Waals surface area contributed by atoms with Crippen LogP contribution >= 0.6 is 0 Å². The predicted octanol–water partition coefficient (Wildman–Crippen LogP) is 2.38. The summed E-state index contributed by atoms with van der Waals surface area (Å²) in [7, 11) is 0. The lowest BCUT2D eigenvalue weighted by atomic mass is 9.70. The van der Waals surface area contributed by atoms with Crippen molar-refractivity contribution in [1.29, 1.82) is 0 Å².